The van der Waals surface area contributed by atoms with Crippen molar-refractivity contribution in [3.63, 3.8) is 0 Å². The highest BCUT2D eigenvalue weighted by Gasteiger charge is 2.10. The number of nitrogens with two attached hydrogens (primary N) is 1. The number of nitrogens with zero attached hydrogens (tertiary/aromatic N) is 1. The number of ether oxygens (including phenoxy) is 1. The van der Waals surface area contributed by atoms with E-state index in [0.29, 0.717) is 17.5 Å². The normalized spacial score (nSPS) is 10.8. The van der Waals surface area contributed by atoms with E-state index in [1.165, 1.54) is 11.1 Å². The summed E-state index contributed by atoms with van der Waals surface area (Å²) in [5.41, 5.74) is 9.59. The first-order valence-electron chi connectivity index (χ1n) is 6.49. The molecule has 3 heteroatoms. The van der Waals surface area contributed by atoms with Gasteiger partial charge in [0.05, 0.1) is 11.4 Å². The number of anilines is 1. The van der Waals surface area contributed by atoms with Crippen LogP contribution < -0.4 is 10.5 Å². The largest absolute Gasteiger partial charge is 0.439 e. The molecule has 3 nitrogen and oxygen atoms in total. The highest BCUT2D eigenvalue weighted by molar-refractivity contribution is 5.45. The van der Waals surface area contributed by atoms with Crippen molar-refractivity contribution in [3.8, 4) is 11.6 Å². The average molecular weight is 256 g/mol. The molecule has 2 N–H and O–H groups in total. The Morgan fingerprint density at radius 3 is 2.47 bits per heavy atom. The zero-order valence-corrected chi connectivity index (χ0v) is 11.9. The molecule has 2 aromatic rings. The molecule has 0 unspecified atom stereocenters. The van der Waals surface area contributed by atoms with Gasteiger partial charge in [0, 0.05) is 6.07 Å². The maximum absolute atomic E-state index is 5.92. The fourth-order valence-electron chi connectivity index (χ4n) is 1.93. The van der Waals surface area contributed by atoms with Crippen molar-refractivity contribution < 1.29 is 4.74 Å². The van der Waals surface area contributed by atoms with E-state index < -0.39 is 0 Å². The minimum absolute atomic E-state index is 0.408. The lowest BCUT2D eigenvalue weighted by Gasteiger charge is -2.14. The number of aryl methyl sites for hydroxylation is 2. The number of rotatable bonds is 3. The SMILES string of the molecule is Cc1ccc(C(C)C)c(Oc2ccc(N)c(C)n2)c1. The van der Waals surface area contributed by atoms with Crippen molar-refractivity contribution in [1.29, 1.82) is 0 Å². The quantitative estimate of drug-likeness (QED) is 0.895. The van der Waals surface area contributed by atoms with E-state index in [0.717, 1.165) is 11.4 Å². The van der Waals surface area contributed by atoms with E-state index in [9.17, 15) is 0 Å². The molecule has 1 heterocycles. The highest BCUT2D eigenvalue weighted by Crippen LogP contribution is 2.31. The third-order valence-electron chi connectivity index (χ3n) is 3.11. The fraction of sp³-hybridized carbons (Fsp3) is 0.312. The van der Waals surface area contributed by atoms with E-state index in [4.69, 9.17) is 10.5 Å². The number of hydrogen-bond donors (Lipinski definition) is 1. The second kappa shape index (κ2) is 5.31. The molecule has 0 fully saturated rings. The van der Waals surface area contributed by atoms with Crippen LogP contribution in [0.15, 0.2) is 30.3 Å². The number of nitrogen functional groups attached to an aromatic ring is 1. The molecule has 0 aliphatic heterocycles. The molecule has 0 spiro atoms. The van der Waals surface area contributed by atoms with Crippen LogP contribution in [0.1, 0.15) is 36.6 Å². The Hall–Kier alpha value is -2.03. The Labute approximate surface area is 114 Å². The lowest BCUT2D eigenvalue weighted by molar-refractivity contribution is 0.453. The van der Waals surface area contributed by atoms with Gasteiger partial charge in [0.1, 0.15) is 5.75 Å². The summed E-state index contributed by atoms with van der Waals surface area (Å²) < 4.78 is 5.92. The molecule has 1 aromatic heterocycles. The van der Waals surface area contributed by atoms with E-state index in [1.54, 1.807) is 6.07 Å². The molecule has 100 valence electrons. The third-order valence-corrected chi connectivity index (χ3v) is 3.11. The lowest BCUT2D eigenvalue weighted by atomic mass is 10.0. The number of hydrogen-bond acceptors (Lipinski definition) is 3. The predicted octanol–water partition coefficient (Wildman–Crippen LogP) is 4.20. The molecule has 0 atom stereocenters. The second-order valence-electron chi connectivity index (χ2n) is 5.12. The van der Waals surface area contributed by atoms with Gasteiger partial charge in [0.15, 0.2) is 0 Å². The summed E-state index contributed by atoms with van der Waals surface area (Å²) >= 11 is 0. The molecule has 0 radical (unpaired) electrons. The van der Waals surface area contributed by atoms with Gasteiger partial charge < -0.3 is 10.5 Å². The van der Waals surface area contributed by atoms with Crippen LogP contribution in [0.2, 0.25) is 0 Å². The molecule has 2 rings (SSSR count). The van der Waals surface area contributed by atoms with Crippen LogP contribution in [-0.2, 0) is 0 Å². The molecular weight excluding hydrogens is 236 g/mol. The Balaban J connectivity index is 2.36. The topological polar surface area (TPSA) is 48.1 Å². The Kier molecular flexibility index (Phi) is 3.74. The summed E-state index contributed by atoms with van der Waals surface area (Å²) in [7, 11) is 0. The summed E-state index contributed by atoms with van der Waals surface area (Å²) in [5.74, 6) is 1.86. The Bertz CT molecular complexity index is 591. The maximum Gasteiger partial charge on any atom is 0.219 e. The van der Waals surface area contributed by atoms with Crippen LogP contribution in [0.3, 0.4) is 0 Å². The molecule has 0 amide bonds. The zero-order chi connectivity index (χ0) is 14.0. The molecule has 0 saturated carbocycles. The monoisotopic (exact) mass is 256 g/mol. The van der Waals surface area contributed by atoms with Crippen molar-refractivity contribution >= 4 is 5.69 Å². The molecule has 0 saturated heterocycles. The smallest absolute Gasteiger partial charge is 0.219 e. The summed E-state index contributed by atoms with van der Waals surface area (Å²) in [4.78, 5) is 4.35. The first-order valence-corrected chi connectivity index (χ1v) is 6.49. The minimum Gasteiger partial charge on any atom is -0.439 e. The van der Waals surface area contributed by atoms with Gasteiger partial charge in [-0.1, -0.05) is 26.0 Å². The van der Waals surface area contributed by atoms with Crippen LogP contribution >= 0.6 is 0 Å². The van der Waals surface area contributed by atoms with Crippen molar-refractivity contribution in [2.45, 2.75) is 33.6 Å². The van der Waals surface area contributed by atoms with Gasteiger partial charge in [-0.15, -0.1) is 0 Å². The van der Waals surface area contributed by atoms with Gasteiger partial charge in [0.2, 0.25) is 5.88 Å². The summed E-state index contributed by atoms with van der Waals surface area (Å²) in [6.45, 7) is 8.23. The van der Waals surface area contributed by atoms with Crippen LogP contribution in [0.5, 0.6) is 11.6 Å². The molecule has 1 aromatic carbocycles. The zero-order valence-electron chi connectivity index (χ0n) is 11.9. The molecule has 0 aliphatic carbocycles. The molecule has 19 heavy (non-hydrogen) atoms. The average Bonchev–Trinajstić information content (AvgIpc) is 2.33. The van der Waals surface area contributed by atoms with Gasteiger partial charge in [-0.3, -0.25) is 0 Å². The molecular formula is C16H20N2O. The molecule has 0 bridgehead atoms. The van der Waals surface area contributed by atoms with Crippen LogP contribution in [-0.4, -0.2) is 4.98 Å². The standard InChI is InChI=1S/C16H20N2O/c1-10(2)13-6-5-11(3)9-15(13)19-16-8-7-14(17)12(4)18-16/h5-10H,17H2,1-4H3. The van der Waals surface area contributed by atoms with Crippen molar-refractivity contribution in [2.75, 3.05) is 5.73 Å². The third kappa shape index (κ3) is 3.05. The van der Waals surface area contributed by atoms with Crippen LogP contribution in [0.4, 0.5) is 5.69 Å². The predicted molar refractivity (Wildman–Crippen MR) is 78.7 cm³/mol. The van der Waals surface area contributed by atoms with Crippen LogP contribution in [0, 0.1) is 13.8 Å². The van der Waals surface area contributed by atoms with E-state index in [-0.39, 0.29) is 0 Å². The maximum atomic E-state index is 5.92. The lowest BCUT2D eigenvalue weighted by Crippen LogP contribution is -1.98. The first kappa shape index (κ1) is 13.4. The van der Waals surface area contributed by atoms with Gasteiger partial charge in [-0.2, -0.15) is 0 Å². The Morgan fingerprint density at radius 1 is 1.11 bits per heavy atom. The van der Waals surface area contributed by atoms with Crippen molar-refractivity contribution in [1.82, 2.24) is 4.98 Å². The second-order valence-corrected chi connectivity index (χ2v) is 5.12. The summed E-state index contributed by atoms with van der Waals surface area (Å²) in [6, 6.07) is 9.88. The van der Waals surface area contributed by atoms with Gasteiger partial charge >= 0.3 is 0 Å². The van der Waals surface area contributed by atoms with Gasteiger partial charge in [-0.25, -0.2) is 4.98 Å². The van der Waals surface area contributed by atoms with Crippen LogP contribution in [0.25, 0.3) is 0 Å². The summed E-state index contributed by atoms with van der Waals surface area (Å²) in [6.07, 6.45) is 0. The van der Waals surface area contributed by atoms with Gasteiger partial charge in [0.25, 0.3) is 0 Å². The Morgan fingerprint density at radius 2 is 1.84 bits per heavy atom. The van der Waals surface area contributed by atoms with Crippen molar-refractivity contribution in [2.24, 2.45) is 0 Å². The highest BCUT2D eigenvalue weighted by atomic mass is 16.5. The summed E-state index contributed by atoms with van der Waals surface area (Å²) in [5, 5.41) is 0. The minimum atomic E-state index is 0.408. The number of aromatic nitrogens is 1. The van der Waals surface area contributed by atoms with E-state index in [2.05, 4.69) is 37.9 Å². The van der Waals surface area contributed by atoms with Gasteiger partial charge in [-0.05, 0) is 43.0 Å². The molecule has 0 aliphatic rings. The van der Waals surface area contributed by atoms with Crippen molar-refractivity contribution in [3.05, 3.63) is 47.2 Å². The fourth-order valence-corrected chi connectivity index (χ4v) is 1.93. The van der Waals surface area contributed by atoms with E-state index >= 15 is 0 Å². The number of pyridine rings is 1. The first-order chi connectivity index (χ1) is 8.97. The number of benzene rings is 1. The van der Waals surface area contributed by atoms with E-state index in [1.807, 2.05) is 19.1 Å².